The summed E-state index contributed by atoms with van der Waals surface area (Å²) in [6.07, 6.45) is 1.93. The van der Waals surface area contributed by atoms with E-state index in [-0.39, 0.29) is 24.2 Å². The maximum Gasteiger partial charge on any atom is 0.318 e. The molecular formula is C25H29N3O3. The van der Waals surface area contributed by atoms with Gasteiger partial charge < -0.3 is 19.9 Å². The number of pyridine rings is 1. The number of nitrogens with zero attached hydrogens (tertiary/aromatic N) is 1. The van der Waals surface area contributed by atoms with E-state index in [4.69, 9.17) is 4.74 Å². The zero-order valence-corrected chi connectivity index (χ0v) is 18.1. The van der Waals surface area contributed by atoms with E-state index in [0.29, 0.717) is 18.7 Å². The number of aromatic nitrogens is 1. The molecule has 162 valence electrons. The van der Waals surface area contributed by atoms with Crippen LogP contribution in [0.1, 0.15) is 35.1 Å². The number of carbonyl (C=O) groups excluding carboxylic acids is 1. The summed E-state index contributed by atoms with van der Waals surface area (Å²) >= 11 is 0. The lowest BCUT2D eigenvalue weighted by atomic mass is 10.0. The van der Waals surface area contributed by atoms with E-state index in [1.807, 2.05) is 56.3 Å². The largest absolute Gasteiger partial charge is 0.376 e. The Hall–Kier alpha value is -3.12. The van der Waals surface area contributed by atoms with E-state index in [2.05, 4.69) is 16.4 Å². The summed E-state index contributed by atoms with van der Waals surface area (Å²) in [4.78, 5) is 30.6. The van der Waals surface area contributed by atoms with Crippen LogP contribution in [0.15, 0.2) is 53.3 Å². The Kier molecular flexibility index (Phi) is 6.37. The fourth-order valence-corrected chi connectivity index (χ4v) is 4.08. The number of carbonyl (C=O) groups is 1. The average Bonchev–Trinajstić information content (AvgIpc) is 3.29. The summed E-state index contributed by atoms with van der Waals surface area (Å²) in [5, 5.41) is 4.00. The summed E-state index contributed by atoms with van der Waals surface area (Å²) in [5.41, 5.74) is 4.43. The van der Waals surface area contributed by atoms with Gasteiger partial charge in [-0.3, -0.25) is 4.79 Å². The van der Waals surface area contributed by atoms with Crippen molar-refractivity contribution in [2.24, 2.45) is 0 Å². The van der Waals surface area contributed by atoms with Gasteiger partial charge in [-0.2, -0.15) is 0 Å². The normalized spacial score (nSPS) is 15.9. The number of hydrogen-bond acceptors (Lipinski definition) is 3. The molecule has 0 aliphatic carbocycles. The molecule has 6 nitrogen and oxygen atoms in total. The minimum atomic E-state index is -0.195. The average molecular weight is 420 g/mol. The first-order valence-electron chi connectivity index (χ1n) is 10.8. The van der Waals surface area contributed by atoms with Gasteiger partial charge in [0.1, 0.15) is 0 Å². The number of benzene rings is 2. The maximum atomic E-state index is 13.1. The van der Waals surface area contributed by atoms with Crippen LogP contribution in [0.25, 0.3) is 10.9 Å². The highest BCUT2D eigenvalue weighted by molar-refractivity contribution is 5.85. The molecule has 6 heteroatoms. The van der Waals surface area contributed by atoms with Gasteiger partial charge in [0, 0.05) is 30.6 Å². The second-order valence-corrected chi connectivity index (χ2v) is 8.27. The third-order valence-electron chi connectivity index (χ3n) is 5.90. The Labute approximate surface area is 182 Å². The van der Waals surface area contributed by atoms with Crippen molar-refractivity contribution in [3.63, 3.8) is 0 Å². The molecule has 2 amide bonds. The van der Waals surface area contributed by atoms with E-state index < -0.39 is 0 Å². The van der Waals surface area contributed by atoms with Crippen molar-refractivity contribution in [1.29, 1.82) is 0 Å². The Morgan fingerprint density at radius 3 is 2.68 bits per heavy atom. The minimum absolute atomic E-state index is 0.00555. The zero-order chi connectivity index (χ0) is 21.8. The Balaban J connectivity index is 1.57. The molecule has 1 atom stereocenters. The molecule has 1 aliphatic rings. The molecule has 2 heterocycles. The van der Waals surface area contributed by atoms with Crippen molar-refractivity contribution in [3.8, 4) is 0 Å². The Morgan fingerprint density at radius 2 is 1.94 bits per heavy atom. The number of nitrogens with one attached hydrogen (secondary N) is 2. The van der Waals surface area contributed by atoms with Crippen LogP contribution in [-0.4, -0.2) is 35.2 Å². The highest BCUT2D eigenvalue weighted by Crippen LogP contribution is 2.21. The van der Waals surface area contributed by atoms with Gasteiger partial charge in [0.25, 0.3) is 5.56 Å². The van der Waals surface area contributed by atoms with Crippen LogP contribution in [0.3, 0.4) is 0 Å². The third kappa shape index (κ3) is 4.97. The number of hydrogen-bond donors (Lipinski definition) is 2. The molecule has 1 aliphatic heterocycles. The van der Waals surface area contributed by atoms with E-state index in [0.717, 1.165) is 47.0 Å². The van der Waals surface area contributed by atoms with Gasteiger partial charge in [0.15, 0.2) is 0 Å². The van der Waals surface area contributed by atoms with Gasteiger partial charge in [-0.15, -0.1) is 0 Å². The predicted molar refractivity (Wildman–Crippen MR) is 122 cm³/mol. The van der Waals surface area contributed by atoms with Crippen molar-refractivity contribution in [3.05, 3.63) is 81.1 Å². The number of urea groups is 1. The fourth-order valence-electron chi connectivity index (χ4n) is 4.08. The van der Waals surface area contributed by atoms with Crippen LogP contribution >= 0.6 is 0 Å². The van der Waals surface area contributed by atoms with Crippen molar-refractivity contribution in [1.82, 2.24) is 15.2 Å². The molecule has 0 spiro atoms. The molecule has 1 fully saturated rings. The van der Waals surface area contributed by atoms with E-state index in [9.17, 15) is 9.59 Å². The Bertz CT molecular complexity index is 1120. The second-order valence-electron chi connectivity index (χ2n) is 8.27. The van der Waals surface area contributed by atoms with Gasteiger partial charge in [-0.25, -0.2) is 4.79 Å². The number of aryl methyl sites for hydroxylation is 2. The monoisotopic (exact) mass is 419 g/mol. The number of fused-ring (bicyclic) bond motifs is 1. The highest BCUT2D eigenvalue weighted by atomic mass is 16.5. The molecule has 0 radical (unpaired) electrons. The fraction of sp³-hybridized carbons (Fsp3) is 0.360. The van der Waals surface area contributed by atoms with Crippen LogP contribution in [0.4, 0.5) is 4.79 Å². The number of H-pyrrole nitrogens is 1. The first-order chi connectivity index (χ1) is 15.0. The summed E-state index contributed by atoms with van der Waals surface area (Å²) in [5.74, 6) is 0. The van der Waals surface area contributed by atoms with Gasteiger partial charge >= 0.3 is 6.03 Å². The van der Waals surface area contributed by atoms with Gasteiger partial charge in [0.2, 0.25) is 0 Å². The predicted octanol–water partition coefficient (Wildman–Crippen LogP) is 4.04. The van der Waals surface area contributed by atoms with Crippen molar-refractivity contribution in [2.75, 3.05) is 13.2 Å². The van der Waals surface area contributed by atoms with Gasteiger partial charge in [-0.05, 0) is 49.4 Å². The maximum absolute atomic E-state index is 13.1. The molecular weight excluding hydrogens is 390 g/mol. The van der Waals surface area contributed by atoms with Gasteiger partial charge in [-0.1, -0.05) is 42.5 Å². The van der Waals surface area contributed by atoms with Crippen LogP contribution < -0.4 is 10.9 Å². The summed E-state index contributed by atoms with van der Waals surface area (Å²) in [6.45, 7) is 5.87. The lowest BCUT2D eigenvalue weighted by molar-refractivity contribution is 0.0793. The summed E-state index contributed by atoms with van der Waals surface area (Å²) in [6, 6.07) is 15.6. The molecule has 0 saturated carbocycles. The third-order valence-corrected chi connectivity index (χ3v) is 5.90. The standard InChI is InChI=1S/C25H29N3O3/c1-17-10-11-18(2)23-22(17)13-20(24(29)27-23)15-28(16-21-9-6-12-31-21)25(30)26-14-19-7-4-3-5-8-19/h3-5,7-8,10-11,13,21H,6,9,12,14-16H2,1-2H3,(H,26,30)(H,27,29)/t21-/m0/s1. The van der Waals surface area contributed by atoms with E-state index in [1.165, 1.54) is 0 Å². The van der Waals surface area contributed by atoms with E-state index >= 15 is 0 Å². The summed E-state index contributed by atoms with van der Waals surface area (Å²) < 4.78 is 5.76. The number of rotatable bonds is 6. The van der Waals surface area contributed by atoms with Crippen LogP contribution in [0.5, 0.6) is 0 Å². The number of ether oxygens (including phenoxy) is 1. The van der Waals surface area contributed by atoms with Crippen molar-refractivity contribution < 1.29 is 9.53 Å². The topological polar surface area (TPSA) is 74.4 Å². The number of amides is 2. The molecule has 1 aromatic heterocycles. The molecule has 2 N–H and O–H groups in total. The molecule has 0 bridgehead atoms. The summed E-state index contributed by atoms with van der Waals surface area (Å²) in [7, 11) is 0. The first kappa shape index (κ1) is 21.1. The quantitative estimate of drug-likeness (QED) is 0.633. The van der Waals surface area contributed by atoms with Crippen molar-refractivity contribution >= 4 is 16.9 Å². The molecule has 1 saturated heterocycles. The molecule has 4 rings (SSSR count). The number of aromatic amines is 1. The SMILES string of the molecule is Cc1ccc(C)c2[nH]c(=O)c(CN(C[C@@H]3CCCO3)C(=O)NCc3ccccc3)cc12. The van der Waals surface area contributed by atoms with E-state index in [1.54, 1.807) is 4.90 Å². The lowest BCUT2D eigenvalue weighted by Crippen LogP contribution is -2.43. The molecule has 2 aromatic carbocycles. The van der Waals surface area contributed by atoms with Crippen LogP contribution in [0, 0.1) is 13.8 Å². The van der Waals surface area contributed by atoms with Gasteiger partial charge in [0.05, 0.1) is 18.2 Å². The van der Waals surface area contributed by atoms with Crippen molar-refractivity contribution in [2.45, 2.75) is 45.9 Å². The second kappa shape index (κ2) is 9.35. The molecule has 0 unspecified atom stereocenters. The lowest BCUT2D eigenvalue weighted by Gasteiger charge is -2.26. The molecule has 3 aromatic rings. The highest BCUT2D eigenvalue weighted by Gasteiger charge is 2.24. The molecule has 31 heavy (non-hydrogen) atoms. The first-order valence-corrected chi connectivity index (χ1v) is 10.8. The van der Waals surface area contributed by atoms with Crippen LogP contribution in [0.2, 0.25) is 0 Å². The smallest absolute Gasteiger partial charge is 0.318 e. The Morgan fingerprint density at radius 1 is 1.16 bits per heavy atom. The minimum Gasteiger partial charge on any atom is -0.376 e. The zero-order valence-electron chi connectivity index (χ0n) is 18.1. The van der Waals surface area contributed by atoms with Crippen LogP contribution in [-0.2, 0) is 17.8 Å².